The molecule has 3 atom stereocenters. The lowest BCUT2D eigenvalue weighted by atomic mass is 10.0. The van der Waals surface area contributed by atoms with Crippen molar-refractivity contribution in [2.75, 3.05) is 40.9 Å². The van der Waals surface area contributed by atoms with Crippen molar-refractivity contribution in [1.29, 1.82) is 0 Å². The molecule has 0 saturated carbocycles. The highest BCUT2D eigenvalue weighted by molar-refractivity contribution is 7.45. The zero-order valence-corrected chi connectivity index (χ0v) is 41.3. The fourth-order valence-electron chi connectivity index (χ4n) is 7.57. The summed E-state index contributed by atoms with van der Waals surface area (Å²) in [6.45, 7) is 4.59. The fraction of sp³-hybridized carbons (Fsp3) is 0.902. The Hall–Kier alpha value is -1.02. The molecule has 0 radical (unpaired) electrons. The van der Waals surface area contributed by atoms with Crippen LogP contribution in [-0.4, -0.2) is 68.5 Å². The Kier molecular flexibility index (Phi) is 42.5. The summed E-state index contributed by atoms with van der Waals surface area (Å²) in [5, 5.41) is 13.8. The fourth-order valence-corrected chi connectivity index (χ4v) is 8.29. The highest BCUT2D eigenvalue weighted by Crippen LogP contribution is 2.38. The van der Waals surface area contributed by atoms with Crippen LogP contribution in [0.3, 0.4) is 0 Å². The molecule has 0 aromatic carbocycles. The van der Waals surface area contributed by atoms with E-state index in [1.165, 1.54) is 161 Å². The van der Waals surface area contributed by atoms with Gasteiger partial charge in [-0.15, -0.1) is 0 Å². The molecule has 1 amide bonds. The lowest BCUT2D eigenvalue weighted by Crippen LogP contribution is -2.45. The molecule has 0 rings (SSSR count). The van der Waals surface area contributed by atoms with Gasteiger partial charge in [-0.1, -0.05) is 224 Å². The van der Waals surface area contributed by atoms with Gasteiger partial charge in [-0.05, 0) is 38.5 Å². The smallest absolute Gasteiger partial charge is 0.268 e. The van der Waals surface area contributed by atoms with Crippen molar-refractivity contribution in [2.24, 2.45) is 0 Å². The third-order valence-corrected chi connectivity index (χ3v) is 12.6. The molecule has 0 spiro atoms. The molecule has 2 N–H and O–H groups in total. The number of aliphatic hydroxyl groups is 1. The second-order valence-electron chi connectivity index (χ2n) is 18.9. The summed E-state index contributed by atoms with van der Waals surface area (Å²) in [6, 6.07) is -0.887. The molecule has 60 heavy (non-hydrogen) atoms. The number of nitrogens with zero attached hydrogens (tertiary/aromatic N) is 1. The molecule has 0 aromatic rings. The minimum Gasteiger partial charge on any atom is -0.756 e. The maximum atomic E-state index is 12.8. The number of rotatable bonds is 47. The number of hydrogen-bond donors (Lipinski definition) is 2. The molecule has 0 aliphatic carbocycles. The second kappa shape index (κ2) is 43.2. The predicted octanol–water partition coefficient (Wildman–Crippen LogP) is 14.2. The van der Waals surface area contributed by atoms with E-state index in [0.29, 0.717) is 17.4 Å². The first-order valence-corrected chi connectivity index (χ1v) is 27.2. The molecule has 9 heteroatoms. The van der Waals surface area contributed by atoms with Gasteiger partial charge in [0, 0.05) is 6.42 Å². The lowest BCUT2D eigenvalue weighted by Gasteiger charge is -2.29. The largest absolute Gasteiger partial charge is 0.756 e. The van der Waals surface area contributed by atoms with Crippen molar-refractivity contribution < 1.29 is 32.9 Å². The summed E-state index contributed by atoms with van der Waals surface area (Å²) < 4.78 is 23.2. The van der Waals surface area contributed by atoms with Gasteiger partial charge >= 0.3 is 0 Å². The summed E-state index contributed by atoms with van der Waals surface area (Å²) >= 11 is 0. The number of carbonyl (C=O) groups excluding carboxylic acids is 1. The number of likely N-dealkylation sites (N-methyl/N-ethyl adjacent to an activating group) is 1. The predicted molar refractivity (Wildman–Crippen MR) is 256 cm³/mol. The third-order valence-electron chi connectivity index (χ3n) is 11.6. The van der Waals surface area contributed by atoms with Gasteiger partial charge in [0.05, 0.1) is 39.9 Å². The molecule has 0 saturated heterocycles. The van der Waals surface area contributed by atoms with E-state index in [9.17, 15) is 19.4 Å². The van der Waals surface area contributed by atoms with Crippen molar-refractivity contribution >= 4 is 13.7 Å². The second-order valence-corrected chi connectivity index (χ2v) is 20.3. The Balaban J connectivity index is 4.10. The molecule has 0 aromatic heterocycles. The third kappa shape index (κ3) is 45.0. The van der Waals surface area contributed by atoms with Crippen LogP contribution >= 0.6 is 7.82 Å². The summed E-state index contributed by atoms with van der Waals surface area (Å²) in [5.41, 5.74) is 0. The van der Waals surface area contributed by atoms with E-state index >= 15 is 0 Å². The summed E-state index contributed by atoms with van der Waals surface area (Å²) in [5.74, 6) is -0.208. The number of hydrogen-bond acceptors (Lipinski definition) is 6. The zero-order chi connectivity index (χ0) is 44.3. The van der Waals surface area contributed by atoms with Crippen LogP contribution in [0.2, 0.25) is 0 Å². The Bertz CT molecular complexity index is 1030. The molecule has 8 nitrogen and oxygen atoms in total. The lowest BCUT2D eigenvalue weighted by molar-refractivity contribution is -0.870. The van der Waals surface area contributed by atoms with Gasteiger partial charge in [0.2, 0.25) is 5.91 Å². The number of amides is 1. The molecule has 0 bridgehead atoms. The molecule has 0 aliphatic heterocycles. The van der Waals surface area contributed by atoms with Crippen molar-refractivity contribution in [3.63, 3.8) is 0 Å². The van der Waals surface area contributed by atoms with Crippen LogP contribution in [0.25, 0.3) is 0 Å². The maximum Gasteiger partial charge on any atom is 0.268 e. The van der Waals surface area contributed by atoms with Crippen LogP contribution in [0.15, 0.2) is 24.3 Å². The molecular formula is C51H101N2O6P. The molecular weight excluding hydrogens is 768 g/mol. The van der Waals surface area contributed by atoms with Gasteiger partial charge in [-0.2, -0.15) is 0 Å². The van der Waals surface area contributed by atoms with Crippen molar-refractivity contribution in [1.82, 2.24) is 5.32 Å². The van der Waals surface area contributed by atoms with Gasteiger partial charge < -0.3 is 28.8 Å². The molecule has 3 unspecified atom stereocenters. The molecule has 0 heterocycles. The van der Waals surface area contributed by atoms with E-state index < -0.39 is 20.0 Å². The highest BCUT2D eigenvalue weighted by Gasteiger charge is 2.23. The zero-order valence-electron chi connectivity index (χ0n) is 40.4. The summed E-state index contributed by atoms with van der Waals surface area (Å²) in [6.07, 6.45) is 52.6. The first-order valence-electron chi connectivity index (χ1n) is 25.7. The Morgan fingerprint density at radius 2 is 0.950 bits per heavy atom. The average molecular weight is 869 g/mol. The van der Waals surface area contributed by atoms with Crippen LogP contribution < -0.4 is 10.2 Å². The average Bonchev–Trinajstić information content (AvgIpc) is 3.20. The summed E-state index contributed by atoms with van der Waals surface area (Å²) in [4.78, 5) is 25.3. The minimum absolute atomic E-state index is 0.00157. The van der Waals surface area contributed by atoms with Gasteiger partial charge in [-0.3, -0.25) is 9.36 Å². The maximum absolute atomic E-state index is 12.8. The van der Waals surface area contributed by atoms with Crippen LogP contribution in [0.5, 0.6) is 0 Å². The number of allylic oxidation sites excluding steroid dienone is 3. The summed E-state index contributed by atoms with van der Waals surface area (Å²) in [7, 11) is 1.26. The Labute approximate surface area is 373 Å². The minimum atomic E-state index is -4.59. The highest BCUT2D eigenvalue weighted by atomic mass is 31.2. The number of nitrogens with one attached hydrogen (secondary N) is 1. The Morgan fingerprint density at radius 3 is 1.37 bits per heavy atom. The molecule has 356 valence electrons. The van der Waals surface area contributed by atoms with E-state index in [1.54, 1.807) is 6.08 Å². The monoisotopic (exact) mass is 869 g/mol. The number of carbonyl (C=O) groups is 1. The van der Waals surface area contributed by atoms with E-state index in [0.717, 1.165) is 64.2 Å². The normalized spacial score (nSPS) is 14.3. The number of phosphoric acid groups is 1. The molecule has 0 fully saturated rings. The van der Waals surface area contributed by atoms with Crippen molar-refractivity contribution in [2.45, 2.75) is 257 Å². The van der Waals surface area contributed by atoms with Crippen LogP contribution in [0.4, 0.5) is 0 Å². The quantitative estimate of drug-likeness (QED) is 0.0273. The van der Waals surface area contributed by atoms with Gasteiger partial charge in [0.15, 0.2) is 0 Å². The number of aliphatic hydroxyl groups excluding tert-OH is 1. The standard InChI is InChI=1S/C51H101N2O6P/c1-6-8-10-12-14-16-18-19-20-21-22-23-24-25-26-27-28-29-30-31-32-33-34-35-36-38-40-42-44-50(54)49(48-59-60(56,57)58-47-46-53(3,4)5)52-51(55)45-43-41-39-37-17-15-13-11-9-7-2/h11,13,42,44,49-50,54H,6-10,12,14-41,43,45-48H2,1-5H3,(H-,52,55,56,57)/b13-11-,44-42+. The van der Waals surface area contributed by atoms with Crippen molar-refractivity contribution in [3.8, 4) is 0 Å². The van der Waals surface area contributed by atoms with Gasteiger partial charge in [-0.25, -0.2) is 0 Å². The topological polar surface area (TPSA) is 108 Å². The molecule has 0 aliphatic rings. The number of quaternary nitrogens is 1. The van der Waals surface area contributed by atoms with Crippen LogP contribution in [0, 0.1) is 0 Å². The first kappa shape index (κ1) is 59.0. The van der Waals surface area contributed by atoms with Crippen LogP contribution in [-0.2, 0) is 18.4 Å². The number of phosphoric ester groups is 1. The van der Waals surface area contributed by atoms with Crippen LogP contribution in [0.1, 0.15) is 245 Å². The SMILES string of the molecule is CCC/C=C\CCCCCCCC(=O)NC(COP(=O)([O-])OCC[N+](C)(C)C)C(O)/C=C/CCCCCCCCCCCCCCCCCCCCCCCCCCCC. The van der Waals surface area contributed by atoms with E-state index in [2.05, 4.69) is 31.3 Å². The number of unbranched alkanes of at least 4 members (excludes halogenated alkanes) is 32. The Morgan fingerprint density at radius 1 is 0.567 bits per heavy atom. The van der Waals surface area contributed by atoms with E-state index in [1.807, 2.05) is 27.2 Å². The van der Waals surface area contributed by atoms with Gasteiger partial charge in [0.1, 0.15) is 13.2 Å². The first-order chi connectivity index (χ1) is 29.0. The van der Waals surface area contributed by atoms with Gasteiger partial charge in [0.25, 0.3) is 7.82 Å². The van der Waals surface area contributed by atoms with E-state index in [4.69, 9.17) is 9.05 Å². The van der Waals surface area contributed by atoms with Crippen molar-refractivity contribution in [3.05, 3.63) is 24.3 Å². The van der Waals surface area contributed by atoms with E-state index in [-0.39, 0.29) is 19.1 Å².